The van der Waals surface area contributed by atoms with Crippen molar-refractivity contribution in [2.45, 2.75) is 57.9 Å². The molecule has 0 amide bonds. The lowest BCUT2D eigenvalue weighted by atomic mass is 10.1. The molecule has 4 nitrogen and oxygen atoms in total. The average Bonchev–Trinajstić information content (AvgIpc) is 3.16. The Kier molecular flexibility index (Phi) is 3.32. The van der Waals surface area contributed by atoms with Gasteiger partial charge in [-0.05, 0) is 51.7 Å². The molecule has 0 atom stereocenters. The van der Waals surface area contributed by atoms with Crippen LogP contribution in [0.2, 0.25) is 0 Å². The molecule has 4 heteroatoms. The van der Waals surface area contributed by atoms with Crippen LogP contribution in [0.1, 0.15) is 56.7 Å². The zero-order valence-corrected chi connectivity index (χ0v) is 12.5. The largest absolute Gasteiger partial charge is 0.264 e. The van der Waals surface area contributed by atoms with E-state index in [1.807, 2.05) is 18.5 Å². The van der Waals surface area contributed by atoms with Crippen molar-refractivity contribution in [3.8, 4) is 0 Å². The molecular weight excluding hydrogens is 248 g/mol. The number of aryl methyl sites for hydroxylation is 2. The highest BCUT2D eigenvalue weighted by atomic mass is 15.4. The van der Waals surface area contributed by atoms with Gasteiger partial charge in [0, 0.05) is 24.7 Å². The standard InChI is InChI=1S/C16H22N4/c1-16(2,3)20-14(18-15(19-20)13-7-8-13)9-6-12-5-4-10-17-11-12/h4-5,10-11,13H,6-9H2,1-3H3. The Morgan fingerprint density at radius 1 is 1.25 bits per heavy atom. The predicted molar refractivity (Wildman–Crippen MR) is 78.6 cm³/mol. The van der Waals surface area contributed by atoms with Gasteiger partial charge in [-0.25, -0.2) is 9.67 Å². The fourth-order valence-electron chi connectivity index (χ4n) is 2.38. The minimum absolute atomic E-state index is 0.00951. The van der Waals surface area contributed by atoms with Crippen molar-refractivity contribution in [1.82, 2.24) is 19.7 Å². The average molecular weight is 270 g/mol. The molecule has 1 aliphatic rings. The first-order valence-corrected chi connectivity index (χ1v) is 7.39. The molecule has 0 spiro atoms. The number of hydrogen-bond donors (Lipinski definition) is 0. The fourth-order valence-corrected chi connectivity index (χ4v) is 2.38. The fraction of sp³-hybridized carbons (Fsp3) is 0.562. The maximum absolute atomic E-state index is 4.79. The van der Waals surface area contributed by atoms with Crippen molar-refractivity contribution in [2.75, 3.05) is 0 Å². The quantitative estimate of drug-likeness (QED) is 0.857. The summed E-state index contributed by atoms with van der Waals surface area (Å²) in [6.07, 6.45) is 8.12. The molecule has 1 aliphatic carbocycles. The van der Waals surface area contributed by atoms with Gasteiger partial charge in [0.25, 0.3) is 0 Å². The third-order valence-electron chi connectivity index (χ3n) is 3.63. The first-order chi connectivity index (χ1) is 9.54. The topological polar surface area (TPSA) is 43.6 Å². The molecule has 0 radical (unpaired) electrons. The van der Waals surface area contributed by atoms with Gasteiger partial charge >= 0.3 is 0 Å². The first kappa shape index (κ1) is 13.3. The Morgan fingerprint density at radius 2 is 2.05 bits per heavy atom. The van der Waals surface area contributed by atoms with Crippen LogP contribution in [0.15, 0.2) is 24.5 Å². The predicted octanol–water partition coefficient (Wildman–Crippen LogP) is 3.09. The first-order valence-electron chi connectivity index (χ1n) is 7.39. The van der Waals surface area contributed by atoms with E-state index >= 15 is 0 Å². The Labute approximate surface area is 120 Å². The van der Waals surface area contributed by atoms with E-state index in [0.29, 0.717) is 5.92 Å². The van der Waals surface area contributed by atoms with Crippen LogP contribution in [0.4, 0.5) is 0 Å². The molecule has 20 heavy (non-hydrogen) atoms. The minimum atomic E-state index is -0.00951. The SMILES string of the molecule is CC(C)(C)n1nc(C2CC2)nc1CCc1cccnc1. The molecule has 0 bridgehead atoms. The summed E-state index contributed by atoms with van der Waals surface area (Å²) in [5.74, 6) is 2.75. The van der Waals surface area contributed by atoms with E-state index < -0.39 is 0 Å². The van der Waals surface area contributed by atoms with Crippen molar-refractivity contribution in [1.29, 1.82) is 0 Å². The van der Waals surface area contributed by atoms with Gasteiger partial charge in [-0.2, -0.15) is 5.10 Å². The summed E-state index contributed by atoms with van der Waals surface area (Å²) in [5.41, 5.74) is 1.24. The van der Waals surface area contributed by atoms with Crippen molar-refractivity contribution in [3.63, 3.8) is 0 Å². The van der Waals surface area contributed by atoms with Crippen LogP contribution >= 0.6 is 0 Å². The Balaban J connectivity index is 1.80. The Hall–Kier alpha value is -1.71. The lowest BCUT2D eigenvalue weighted by Gasteiger charge is -2.21. The Morgan fingerprint density at radius 3 is 2.65 bits per heavy atom. The summed E-state index contributed by atoms with van der Waals surface area (Å²) in [5, 5.41) is 4.75. The zero-order valence-electron chi connectivity index (χ0n) is 12.5. The highest BCUT2D eigenvalue weighted by Gasteiger charge is 2.30. The van der Waals surface area contributed by atoms with Gasteiger partial charge in [0.1, 0.15) is 5.82 Å². The third kappa shape index (κ3) is 2.89. The van der Waals surface area contributed by atoms with Crippen LogP contribution in [-0.2, 0) is 18.4 Å². The van der Waals surface area contributed by atoms with Crippen LogP contribution in [-0.4, -0.2) is 19.7 Å². The molecule has 1 saturated carbocycles. The molecule has 2 aromatic rings. The van der Waals surface area contributed by atoms with Crippen LogP contribution in [0.5, 0.6) is 0 Å². The molecule has 2 aromatic heterocycles. The summed E-state index contributed by atoms with van der Waals surface area (Å²) >= 11 is 0. The van der Waals surface area contributed by atoms with E-state index in [-0.39, 0.29) is 5.54 Å². The van der Waals surface area contributed by atoms with Crippen LogP contribution < -0.4 is 0 Å². The Bertz CT molecular complexity index is 576. The van der Waals surface area contributed by atoms with Crippen LogP contribution in [0, 0.1) is 0 Å². The molecule has 106 valence electrons. The smallest absolute Gasteiger partial charge is 0.154 e. The summed E-state index contributed by atoms with van der Waals surface area (Å²) < 4.78 is 2.11. The number of aromatic nitrogens is 4. The number of pyridine rings is 1. The molecule has 0 N–H and O–H groups in total. The summed E-state index contributed by atoms with van der Waals surface area (Å²) in [6.45, 7) is 6.56. The van der Waals surface area contributed by atoms with Gasteiger partial charge in [0.2, 0.25) is 0 Å². The van der Waals surface area contributed by atoms with Gasteiger partial charge in [-0.15, -0.1) is 0 Å². The number of hydrogen-bond acceptors (Lipinski definition) is 3. The molecule has 2 heterocycles. The van der Waals surface area contributed by atoms with Gasteiger partial charge < -0.3 is 0 Å². The molecule has 0 aromatic carbocycles. The lowest BCUT2D eigenvalue weighted by Crippen LogP contribution is -2.26. The maximum atomic E-state index is 4.79. The highest BCUT2D eigenvalue weighted by Crippen LogP contribution is 2.38. The van der Waals surface area contributed by atoms with Crippen molar-refractivity contribution in [3.05, 3.63) is 41.7 Å². The second-order valence-corrected chi connectivity index (χ2v) is 6.60. The van der Waals surface area contributed by atoms with E-state index in [9.17, 15) is 0 Å². The molecule has 1 fully saturated rings. The van der Waals surface area contributed by atoms with E-state index in [0.717, 1.165) is 24.5 Å². The summed E-state index contributed by atoms with van der Waals surface area (Å²) in [7, 11) is 0. The van der Waals surface area contributed by atoms with Crippen LogP contribution in [0.25, 0.3) is 0 Å². The van der Waals surface area contributed by atoms with Crippen molar-refractivity contribution in [2.24, 2.45) is 0 Å². The molecule has 3 rings (SSSR count). The van der Waals surface area contributed by atoms with Crippen molar-refractivity contribution < 1.29 is 0 Å². The van der Waals surface area contributed by atoms with Gasteiger partial charge in [0.05, 0.1) is 5.54 Å². The summed E-state index contributed by atoms with van der Waals surface area (Å²) in [4.78, 5) is 8.95. The van der Waals surface area contributed by atoms with Crippen molar-refractivity contribution >= 4 is 0 Å². The van der Waals surface area contributed by atoms with Gasteiger partial charge in [0.15, 0.2) is 5.82 Å². The number of rotatable bonds is 4. The monoisotopic (exact) mass is 270 g/mol. The molecule has 0 aliphatic heterocycles. The molecule has 0 unspecified atom stereocenters. The highest BCUT2D eigenvalue weighted by molar-refractivity contribution is 5.12. The third-order valence-corrected chi connectivity index (χ3v) is 3.63. The zero-order chi connectivity index (χ0) is 14.2. The van der Waals surface area contributed by atoms with E-state index in [2.05, 4.69) is 36.5 Å². The van der Waals surface area contributed by atoms with E-state index in [1.165, 1.54) is 18.4 Å². The summed E-state index contributed by atoms with van der Waals surface area (Å²) in [6, 6.07) is 4.10. The van der Waals surface area contributed by atoms with E-state index in [1.54, 1.807) is 0 Å². The van der Waals surface area contributed by atoms with Crippen LogP contribution in [0.3, 0.4) is 0 Å². The van der Waals surface area contributed by atoms with E-state index in [4.69, 9.17) is 10.1 Å². The van der Waals surface area contributed by atoms with Gasteiger partial charge in [-0.1, -0.05) is 6.07 Å². The second-order valence-electron chi connectivity index (χ2n) is 6.60. The molecule has 0 saturated heterocycles. The van der Waals surface area contributed by atoms with Gasteiger partial charge in [-0.3, -0.25) is 4.98 Å². The second kappa shape index (κ2) is 5.00. The lowest BCUT2D eigenvalue weighted by molar-refractivity contribution is 0.339. The maximum Gasteiger partial charge on any atom is 0.154 e. The minimum Gasteiger partial charge on any atom is -0.264 e. The molecular formula is C16H22N4. The normalized spacial score (nSPS) is 15.6. The number of nitrogens with zero attached hydrogens (tertiary/aromatic N) is 4.